The van der Waals surface area contributed by atoms with E-state index in [1.54, 1.807) is 7.11 Å². The summed E-state index contributed by atoms with van der Waals surface area (Å²) in [6.45, 7) is 0.517. The zero-order valence-electron chi connectivity index (χ0n) is 13.8. The van der Waals surface area contributed by atoms with Crippen LogP contribution < -0.4 is 10.1 Å². The fourth-order valence-corrected chi connectivity index (χ4v) is 3.04. The van der Waals surface area contributed by atoms with E-state index in [1.165, 1.54) is 5.39 Å². The van der Waals surface area contributed by atoms with Crippen LogP contribution in [0.25, 0.3) is 10.9 Å². The fourth-order valence-electron chi connectivity index (χ4n) is 3.04. The lowest BCUT2D eigenvalue weighted by molar-refractivity contribution is 0.132. The summed E-state index contributed by atoms with van der Waals surface area (Å²) in [7, 11) is 3.50. The van der Waals surface area contributed by atoms with Crippen molar-refractivity contribution in [2.75, 3.05) is 20.7 Å². The van der Waals surface area contributed by atoms with E-state index in [2.05, 4.69) is 28.1 Å². The van der Waals surface area contributed by atoms with Crippen LogP contribution in [0.1, 0.15) is 11.6 Å². The number of hydrogen-bond donors (Lipinski definition) is 2. The van der Waals surface area contributed by atoms with Gasteiger partial charge < -0.3 is 19.7 Å². The van der Waals surface area contributed by atoms with Gasteiger partial charge in [0.1, 0.15) is 5.75 Å². The molecule has 0 aliphatic carbocycles. The Morgan fingerprint density at radius 3 is 2.46 bits per heavy atom. The zero-order chi connectivity index (χ0) is 16.2. The SMILES string of the molecule is CNC[C@H](O)[C@H](c1ccc(OC)cc1)n1ccc2ccccc21.Cl. The number of nitrogens with one attached hydrogen (secondary N) is 1. The number of para-hydroxylation sites is 1. The van der Waals surface area contributed by atoms with E-state index in [0.717, 1.165) is 16.8 Å². The summed E-state index contributed by atoms with van der Waals surface area (Å²) in [5.41, 5.74) is 2.17. The quantitative estimate of drug-likeness (QED) is 0.720. The van der Waals surface area contributed by atoms with Crippen LogP contribution in [0.15, 0.2) is 60.8 Å². The molecule has 0 amide bonds. The molecular weight excluding hydrogens is 324 g/mol. The van der Waals surface area contributed by atoms with Crippen molar-refractivity contribution in [1.82, 2.24) is 9.88 Å². The number of likely N-dealkylation sites (N-methyl/N-ethyl adjacent to an activating group) is 1. The van der Waals surface area contributed by atoms with Crippen LogP contribution in [0.2, 0.25) is 0 Å². The highest BCUT2D eigenvalue weighted by Gasteiger charge is 2.23. The average molecular weight is 347 g/mol. The molecule has 0 fully saturated rings. The predicted molar refractivity (Wildman–Crippen MR) is 100 cm³/mol. The van der Waals surface area contributed by atoms with Gasteiger partial charge in [-0.2, -0.15) is 0 Å². The first-order valence-electron chi connectivity index (χ1n) is 7.77. The van der Waals surface area contributed by atoms with Gasteiger partial charge in [0.05, 0.1) is 19.3 Å². The average Bonchev–Trinajstić information content (AvgIpc) is 3.00. The molecule has 0 aliphatic heterocycles. The van der Waals surface area contributed by atoms with Crippen molar-refractivity contribution in [3.05, 3.63) is 66.4 Å². The maximum absolute atomic E-state index is 10.7. The molecule has 128 valence electrons. The van der Waals surface area contributed by atoms with E-state index >= 15 is 0 Å². The van der Waals surface area contributed by atoms with Crippen LogP contribution in [0, 0.1) is 0 Å². The molecule has 0 saturated carbocycles. The molecule has 2 aromatic carbocycles. The monoisotopic (exact) mass is 346 g/mol. The highest BCUT2D eigenvalue weighted by atomic mass is 35.5. The third-order valence-electron chi connectivity index (χ3n) is 4.16. The number of halogens is 1. The van der Waals surface area contributed by atoms with Gasteiger partial charge in [-0.3, -0.25) is 0 Å². The van der Waals surface area contributed by atoms with Crippen molar-refractivity contribution in [3.8, 4) is 5.75 Å². The van der Waals surface area contributed by atoms with Crippen LogP contribution in [-0.4, -0.2) is 36.5 Å². The molecular formula is C19H23ClN2O2. The van der Waals surface area contributed by atoms with E-state index in [9.17, 15) is 5.11 Å². The first-order chi connectivity index (χ1) is 11.2. The fraction of sp³-hybridized carbons (Fsp3) is 0.263. The first kappa shape index (κ1) is 18.3. The van der Waals surface area contributed by atoms with E-state index < -0.39 is 6.10 Å². The number of aliphatic hydroxyl groups excluding tert-OH is 1. The Bertz CT molecular complexity index is 770. The highest BCUT2D eigenvalue weighted by molar-refractivity contribution is 5.85. The zero-order valence-corrected chi connectivity index (χ0v) is 14.7. The number of rotatable bonds is 6. The molecule has 0 bridgehead atoms. The second kappa shape index (κ2) is 8.20. The van der Waals surface area contributed by atoms with Crippen molar-refractivity contribution in [1.29, 1.82) is 0 Å². The summed E-state index contributed by atoms with van der Waals surface area (Å²) >= 11 is 0. The molecule has 24 heavy (non-hydrogen) atoms. The van der Waals surface area contributed by atoms with Crippen molar-refractivity contribution in [3.63, 3.8) is 0 Å². The van der Waals surface area contributed by atoms with E-state index in [4.69, 9.17) is 4.74 Å². The number of hydrogen-bond acceptors (Lipinski definition) is 3. The lowest BCUT2D eigenvalue weighted by Crippen LogP contribution is -2.33. The number of nitrogens with zero attached hydrogens (tertiary/aromatic N) is 1. The van der Waals surface area contributed by atoms with Gasteiger partial charge in [0.15, 0.2) is 0 Å². The molecule has 2 N–H and O–H groups in total. The lowest BCUT2D eigenvalue weighted by Gasteiger charge is -2.26. The normalized spacial score (nSPS) is 13.3. The standard InChI is InChI=1S/C19H22N2O2.ClH/c1-20-13-18(22)19(15-7-9-16(23-2)10-8-15)21-12-11-14-5-3-4-6-17(14)21;/h3-12,18-20,22H,13H2,1-2H3;1H/t18-,19-;/m0./s1. The topological polar surface area (TPSA) is 46.4 Å². The third-order valence-corrected chi connectivity index (χ3v) is 4.16. The van der Waals surface area contributed by atoms with Crippen LogP contribution in [0.3, 0.4) is 0 Å². The molecule has 1 heterocycles. The maximum atomic E-state index is 10.7. The molecule has 0 radical (unpaired) electrons. The van der Waals surface area contributed by atoms with Gasteiger partial charge in [-0.15, -0.1) is 12.4 Å². The summed E-state index contributed by atoms with van der Waals surface area (Å²) < 4.78 is 7.37. The van der Waals surface area contributed by atoms with E-state index in [0.29, 0.717) is 6.54 Å². The predicted octanol–water partition coefficient (Wildman–Crippen LogP) is 3.24. The molecule has 3 aromatic rings. The number of methoxy groups -OCH3 is 1. The third kappa shape index (κ3) is 3.56. The number of aromatic nitrogens is 1. The highest BCUT2D eigenvalue weighted by Crippen LogP contribution is 2.29. The Kier molecular flexibility index (Phi) is 6.26. The Labute approximate surface area is 148 Å². The minimum atomic E-state index is -0.538. The second-order valence-electron chi connectivity index (χ2n) is 5.62. The van der Waals surface area contributed by atoms with Crippen LogP contribution in [0.5, 0.6) is 5.75 Å². The molecule has 0 unspecified atom stereocenters. The summed E-state index contributed by atoms with van der Waals surface area (Å²) in [5, 5.41) is 14.9. The van der Waals surface area contributed by atoms with Crippen molar-refractivity contribution < 1.29 is 9.84 Å². The smallest absolute Gasteiger partial charge is 0.118 e. The number of aliphatic hydroxyl groups is 1. The summed E-state index contributed by atoms with van der Waals surface area (Å²) in [4.78, 5) is 0. The molecule has 1 aromatic heterocycles. The van der Waals surface area contributed by atoms with Crippen molar-refractivity contribution in [2.24, 2.45) is 0 Å². The number of ether oxygens (including phenoxy) is 1. The minimum absolute atomic E-state index is 0. The van der Waals surface area contributed by atoms with Gasteiger partial charge in [-0.1, -0.05) is 30.3 Å². The molecule has 0 saturated heterocycles. The van der Waals surface area contributed by atoms with Gasteiger partial charge in [0, 0.05) is 18.3 Å². The lowest BCUT2D eigenvalue weighted by atomic mass is 10.0. The summed E-state index contributed by atoms with van der Waals surface area (Å²) in [5.74, 6) is 0.813. The van der Waals surface area contributed by atoms with Gasteiger partial charge >= 0.3 is 0 Å². The molecule has 2 atom stereocenters. The maximum Gasteiger partial charge on any atom is 0.118 e. The molecule has 3 rings (SSSR count). The largest absolute Gasteiger partial charge is 0.497 e. The Morgan fingerprint density at radius 2 is 1.79 bits per heavy atom. The first-order valence-corrected chi connectivity index (χ1v) is 7.77. The molecule has 4 nitrogen and oxygen atoms in total. The van der Waals surface area contributed by atoms with Crippen molar-refractivity contribution in [2.45, 2.75) is 12.1 Å². The number of benzene rings is 2. The van der Waals surface area contributed by atoms with E-state index in [1.807, 2.05) is 49.6 Å². The van der Waals surface area contributed by atoms with Crippen LogP contribution in [-0.2, 0) is 0 Å². The minimum Gasteiger partial charge on any atom is -0.497 e. The molecule has 5 heteroatoms. The Balaban J connectivity index is 0.00000208. The molecule has 0 aliphatic rings. The Morgan fingerprint density at radius 1 is 1.08 bits per heavy atom. The van der Waals surface area contributed by atoms with Crippen LogP contribution in [0.4, 0.5) is 0 Å². The van der Waals surface area contributed by atoms with E-state index in [-0.39, 0.29) is 18.4 Å². The Hall–Kier alpha value is -2.01. The van der Waals surface area contributed by atoms with Crippen molar-refractivity contribution >= 4 is 23.3 Å². The summed E-state index contributed by atoms with van der Waals surface area (Å²) in [6, 6.07) is 18.0. The van der Waals surface area contributed by atoms with Gasteiger partial charge in [-0.25, -0.2) is 0 Å². The van der Waals surface area contributed by atoms with Gasteiger partial charge in [0.2, 0.25) is 0 Å². The summed E-state index contributed by atoms with van der Waals surface area (Å²) in [6.07, 6.45) is 1.50. The van der Waals surface area contributed by atoms with Gasteiger partial charge in [-0.05, 0) is 42.3 Å². The van der Waals surface area contributed by atoms with Gasteiger partial charge in [0.25, 0.3) is 0 Å². The second-order valence-corrected chi connectivity index (χ2v) is 5.62. The van der Waals surface area contributed by atoms with Crippen LogP contribution >= 0.6 is 12.4 Å². The number of fused-ring (bicyclic) bond motifs is 1. The molecule has 0 spiro atoms.